The third-order valence-corrected chi connectivity index (χ3v) is 14.5. The van der Waals surface area contributed by atoms with Crippen LogP contribution >= 0.6 is 14.3 Å². The first-order valence-electron chi connectivity index (χ1n) is 9.63. The van der Waals surface area contributed by atoms with E-state index in [2.05, 4.69) is 27.7 Å². The number of hydrogen-bond acceptors (Lipinski definition) is 3. The normalized spacial score (nSPS) is 13.5. The average Bonchev–Trinajstić information content (AvgIpc) is 2.53. The van der Waals surface area contributed by atoms with Gasteiger partial charge >= 0.3 is 0 Å². The molecule has 0 unspecified atom stereocenters. The lowest BCUT2D eigenvalue weighted by molar-refractivity contribution is 0.216. The van der Waals surface area contributed by atoms with Gasteiger partial charge in [-0.1, -0.05) is 53.4 Å². The molecule has 0 radical (unpaired) electrons. The van der Waals surface area contributed by atoms with Crippen LogP contribution in [0.5, 0.6) is 0 Å². The lowest BCUT2D eigenvalue weighted by Crippen LogP contribution is -2.30. The second-order valence-corrected chi connectivity index (χ2v) is 14.5. The monoisotopic (exact) mass is 366 g/mol. The molecular weight excluding hydrogens is 326 g/mol. The van der Waals surface area contributed by atoms with E-state index in [4.69, 9.17) is 0 Å². The van der Waals surface area contributed by atoms with Gasteiger partial charge in [-0.15, -0.1) is 0 Å². The van der Waals surface area contributed by atoms with Crippen molar-refractivity contribution in [1.82, 2.24) is 0 Å². The summed E-state index contributed by atoms with van der Waals surface area (Å²) in [7, 11) is -5.73. The molecule has 0 aliphatic rings. The van der Waals surface area contributed by atoms with E-state index < -0.39 is 19.4 Å². The minimum absolute atomic E-state index is 0.540. The summed E-state index contributed by atoms with van der Waals surface area (Å²) in [6.45, 7) is 9.95. The molecule has 0 fully saturated rings. The standard InChI is InChI=1S/C18H40O3P2/c1-6-10-14-22(20,15-11-7-2)18(5,19)23(21,16-12-8-3)17-13-9-4/h19H,6-17H2,1-5H3. The molecule has 5 heteroatoms. The summed E-state index contributed by atoms with van der Waals surface area (Å²) >= 11 is 0. The molecule has 0 bridgehead atoms. The molecule has 3 nitrogen and oxygen atoms in total. The molecule has 0 spiro atoms. The van der Waals surface area contributed by atoms with Crippen molar-refractivity contribution < 1.29 is 14.2 Å². The molecule has 0 aliphatic heterocycles. The molecule has 0 saturated carbocycles. The van der Waals surface area contributed by atoms with Crippen molar-refractivity contribution in [2.45, 2.75) is 91.1 Å². The van der Waals surface area contributed by atoms with Crippen LogP contribution in [0, 0.1) is 0 Å². The number of hydrogen-bond donors (Lipinski definition) is 1. The molecule has 0 atom stereocenters. The maximum Gasteiger partial charge on any atom is 0.166 e. The minimum Gasteiger partial charge on any atom is -0.375 e. The largest absolute Gasteiger partial charge is 0.375 e. The van der Waals surface area contributed by atoms with Crippen LogP contribution in [0.15, 0.2) is 0 Å². The second kappa shape index (κ2) is 11.1. The average molecular weight is 366 g/mol. The van der Waals surface area contributed by atoms with Crippen molar-refractivity contribution in [3.8, 4) is 0 Å². The second-order valence-electron chi connectivity index (χ2n) is 7.06. The molecule has 23 heavy (non-hydrogen) atoms. The van der Waals surface area contributed by atoms with Gasteiger partial charge in [-0.25, -0.2) is 0 Å². The highest BCUT2D eigenvalue weighted by molar-refractivity contribution is 7.82. The van der Waals surface area contributed by atoms with E-state index in [1.54, 1.807) is 6.92 Å². The van der Waals surface area contributed by atoms with Gasteiger partial charge in [-0.3, -0.25) is 0 Å². The number of unbranched alkanes of at least 4 members (excludes halogenated alkanes) is 4. The zero-order valence-electron chi connectivity index (χ0n) is 16.1. The zero-order valence-corrected chi connectivity index (χ0v) is 17.9. The van der Waals surface area contributed by atoms with Gasteiger partial charge in [0.15, 0.2) is 5.08 Å². The molecule has 0 aromatic carbocycles. The maximum atomic E-state index is 13.7. The summed E-state index contributed by atoms with van der Waals surface area (Å²) < 4.78 is 27.4. The highest BCUT2D eigenvalue weighted by Crippen LogP contribution is 2.75. The third kappa shape index (κ3) is 6.33. The van der Waals surface area contributed by atoms with Crippen molar-refractivity contribution in [2.24, 2.45) is 0 Å². The molecule has 0 rings (SSSR count). The van der Waals surface area contributed by atoms with E-state index in [0.29, 0.717) is 24.6 Å². The molecule has 0 amide bonds. The van der Waals surface area contributed by atoms with Gasteiger partial charge in [0.1, 0.15) is 14.3 Å². The van der Waals surface area contributed by atoms with Gasteiger partial charge in [-0.05, 0) is 32.6 Å². The molecule has 0 aliphatic carbocycles. The first-order valence-corrected chi connectivity index (χ1v) is 13.8. The maximum absolute atomic E-state index is 13.7. The highest BCUT2D eigenvalue weighted by atomic mass is 31.2. The molecule has 0 heterocycles. The van der Waals surface area contributed by atoms with Gasteiger partial charge in [0.2, 0.25) is 0 Å². The lowest BCUT2D eigenvalue weighted by Gasteiger charge is -2.40. The Morgan fingerprint density at radius 3 is 1.04 bits per heavy atom. The van der Waals surface area contributed by atoms with E-state index in [1.165, 1.54) is 0 Å². The molecule has 1 N–H and O–H groups in total. The summed E-state index contributed by atoms with van der Waals surface area (Å²) in [5, 5.41) is 9.86. The Labute approximate surface area is 144 Å². The van der Waals surface area contributed by atoms with Crippen LogP contribution in [-0.2, 0) is 9.13 Å². The Morgan fingerprint density at radius 2 is 0.870 bits per heavy atom. The summed E-state index contributed by atoms with van der Waals surface area (Å²) in [5.41, 5.74) is 0. The smallest absolute Gasteiger partial charge is 0.166 e. The zero-order chi connectivity index (χ0) is 18.0. The van der Waals surface area contributed by atoms with Gasteiger partial charge in [0, 0.05) is 24.6 Å². The fourth-order valence-electron chi connectivity index (χ4n) is 3.06. The highest BCUT2D eigenvalue weighted by Gasteiger charge is 2.53. The minimum atomic E-state index is -2.86. The Morgan fingerprint density at radius 1 is 0.652 bits per heavy atom. The van der Waals surface area contributed by atoms with E-state index in [9.17, 15) is 14.2 Å². The molecule has 0 aromatic rings. The fraction of sp³-hybridized carbons (Fsp3) is 1.00. The summed E-state index contributed by atoms with van der Waals surface area (Å²) in [6.07, 6.45) is 9.38. The molecule has 0 saturated heterocycles. The van der Waals surface area contributed by atoms with Crippen molar-refractivity contribution in [2.75, 3.05) is 24.6 Å². The van der Waals surface area contributed by atoms with Gasteiger partial charge in [-0.2, -0.15) is 0 Å². The van der Waals surface area contributed by atoms with Crippen LogP contribution in [0.25, 0.3) is 0 Å². The van der Waals surface area contributed by atoms with Crippen LogP contribution in [0.2, 0.25) is 0 Å². The lowest BCUT2D eigenvalue weighted by atomic mass is 10.4. The predicted octanol–water partition coefficient (Wildman–Crippen LogP) is 6.58. The van der Waals surface area contributed by atoms with E-state index in [1.807, 2.05) is 0 Å². The van der Waals surface area contributed by atoms with Crippen molar-refractivity contribution >= 4 is 14.3 Å². The van der Waals surface area contributed by atoms with Crippen LogP contribution < -0.4 is 0 Å². The quantitative estimate of drug-likeness (QED) is 0.353. The topological polar surface area (TPSA) is 54.4 Å². The summed E-state index contributed by atoms with van der Waals surface area (Å²) in [4.78, 5) is 0. The Bertz CT molecular complexity index is 345. The number of aliphatic hydroxyl groups is 1. The predicted molar refractivity (Wildman–Crippen MR) is 105 cm³/mol. The van der Waals surface area contributed by atoms with E-state index >= 15 is 0 Å². The molecule has 140 valence electrons. The van der Waals surface area contributed by atoms with Crippen molar-refractivity contribution in [3.05, 3.63) is 0 Å². The fourth-order valence-corrected chi connectivity index (χ4v) is 12.4. The van der Waals surface area contributed by atoms with Crippen molar-refractivity contribution in [3.63, 3.8) is 0 Å². The third-order valence-electron chi connectivity index (χ3n) is 5.04. The number of rotatable bonds is 14. The first-order chi connectivity index (χ1) is 10.7. The Hall–Kier alpha value is 0.420. The van der Waals surface area contributed by atoms with Crippen LogP contribution in [0.3, 0.4) is 0 Å². The Balaban J connectivity index is 5.61. The van der Waals surface area contributed by atoms with Crippen LogP contribution in [-0.4, -0.2) is 34.8 Å². The summed E-state index contributed by atoms with van der Waals surface area (Å²) in [5.74, 6) is 0. The van der Waals surface area contributed by atoms with Gasteiger partial charge in [0.05, 0.1) is 0 Å². The molecule has 0 aromatic heterocycles. The SMILES string of the molecule is CCCCP(=O)(CCCC)C(C)(O)P(=O)(CCCC)CCCC. The van der Waals surface area contributed by atoms with Crippen LogP contribution in [0.4, 0.5) is 0 Å². The van der Waals surface area contributed by atoms with Crippen molar-refractivity contribution in [1.29, 1.82) is 0 Å². The van der Waals surface area contributed by atoms with Gasteiger partial charge < -0.3 is 14.2 Å². The van der Waals surface area contributed by atoms with E-state index in [-0.39, 0.29) is 0 Å². The summed E-state index contributed by atoms with van der Waals surface area (Å²) in [6, 6.07) is 0. The first kappa shape index (κ1) is 23.4. The Kier molecular flexibility index (Phi) is 11.3. The van der Waals surface area contributed by atoms with Gasteiger partial charge in [0.25, 0.3) is 0 Å². The molecular formula is C18H40O3P2. The van der Waals surface area contributed by atoms with Crippen LogP contribution in [0.1, 0.15) is 86.0 Å². The van der Waals surface area contributed by atoms with E-state index in [0.717, 1.165) is 51.4 Å².